The molecule has 0 N–H and O–H groups in total. The van der Waals surface area contributed by atoms with Crippen molar-refractivity contribution in [1.82, 2.24) is 0 Å². The van der Waals surface area contributed by atoms with Crippen LogP contribution in [0.2, 0.25) is 0 Å². The fraction of sp³-hybridized carbons (Fsp3) is 0.429. The molecule has 0 aliphatic heterocycles. The summed E-state index contributed by atoms with van der Waals surface area (Å²) in [6, 6.07) is 2.01. The third kappa shape index (κ3) is 5.26. The van der Waals surface area contributed by atoms with Gasteiger partial charge in [-0.25, -0.2) is 0 Å². The van der Waals surface area contributed by atoms with Crippen molar-refractivity contribution in [2.75, 3.05) is 0 Å². The zero-order valence-electron chi connectivity index (χ0n) is 9.92. The lowest BCUT2D eigenvalue weighted by Crippen LogP contribution is -1.81. The highest BCUT2D eigenvalue weighted by Crippen LogP contribution is 2.09. The molecule has 0 spiro atoms. The lowest BCUT2D eigenvalue weighted by Gasteiger charge is -1.98. The normalized spacial score (nSPS) is 11.5. The molecule has 0 aliphatic carbocycles. The molecule has 0 aromatic carbocycles. The summed E-state index contributed by atoms with van der Waals surface area (Å²) in [7, 11) is 0. The molecule has 0 fully saturated rings. The van der Waals surface area contributed by atoms with Crippen LogP contribution in [-0.2, 0) is 6.42 Å². The zero-order valence-corrected chi connectivity index (χ0v) is 9.92. The van der Waals surface area contributed by atoms with Crippen LogP contribution in [-0.4, -0.2) is 0 Å². The molecule has 1 nitrogen and oxygen atoms in total. The molecule has 0 atom stereocenters. The molecule has 0 bridgehead atoms. The average molecular weight is 204 g/mol. The van der Waals surface area contributed by atoms with E-state index in [1.54, 1.807) is 12.5 Å². The van der Waals surface area contributed by atoms with Gasteiger partial charge in [0, 0.05) is 0 Å². The Bertz CT molecular complexity index is 324. The molecule has 1 aromatic heterocycles. The van der Waals surface area contributed by atoms with Crippen molar-refractivity contribution in [1.29, 1.82) is 0 Å². The van der Waals surface area contributed by atoms with Crippen LogP contribution in [0.1, 0.15) is 39.2 Å². The Morgan fingerprint density at radius 1 is 1.27 bits per heavy atom. The summed E-state index contributed by atoms with van der Waals surface area (Å²) in [6.07, 6.45) is 11.4. The fourth-order valence-electron chi connectivity index (χ4n) is 1.39. The minimum Gasteiger partial charge on any atom is -0.472 e. The van der Waals surface area contributed by atoms with Gasteiger partial charge in [-0.05, 0) is 51.7 Å². The van der Waals surface area contributed by atoms with Crippen molar-refractivity contribution >= 4 is 0 Å². The molecule has 0 aliphatic rings. The van der Waals surface area contributed by atoms with E-state index >= 15 is 0 Å². The number of rotatable bonds is 5. The maximum absolute atomic E-state index is 5.02. The average Bonchev–Trinajstić information content (AvgIpc) is 2.66. The maximum Gasteiger partial charge on any atom is 0.0937 e. The van der Waals surface area contributed by atoms with Gasteiger partial charge in [-0.2, -0.15) is 0 Å². The molecule has 1 rings (SSSR count). The van der Waals surface area contributed by atoms with E-state index in [-0.39, 0.29) is 0 Å². The first kappa shape index (κ1) is 11.8. The number of hydrogen-bond donors (Lipinski definition) is 0. The van der Waals surface area contributed by atoms with Crippen LogP contribution in [0.5, 0.6) is 0 Å². The molecule has 1 heteroatoms. The second-order valence-corrected chi connectivity index (χ2v) is 4.21. The van der Waals surface area contributed by atoms with Crippen LogP contribution in [0.4, 0.5) is 0 Å². The highest BCUT2D eigenvalue weighted by molar-refractivity contribution is 5.13. The monoisotopic (exact) mass is 204 g/mol. The first-order valence-electron chi connectivity index (χ1n) is 5.48. The van der Waals surface area contributed by atoms with Crippen molar-refractivity contribution in [3.8, 4) is 0 Å². The second kappa shape index (κ2) is 6.28. The molecule has 1 aromatic rings. The van der Waals surface area contributed by atoms with E-state index in [0.717, 1.165) is 19.3 Å². The zero-order chi connectivity index (χ0) is 11.1. The van der Waals surface area contributed by atoms with Crippen molar-refractivity contribution < 1.29 is 4.42 Å². The van der Waals surface area contributed by atoms with Crippen LogP contribution >= 0.6 is 0 Å². The van der Waals surface area contributed by atoms with Crippen LogP contribution < -0.4 is 0 Å². The summed E-state index contributed by atoms with van der Waals surface area (Å²) in [6.45, 7) is 6.48. The Balaban J connectivity index is 2.30. The molecular weight excluding hydrogens is 184 g/mol. The Labute approximate surface area is 92.5 Å². The summed E-state index contributed by atoms with van der Waals surface area (Å²) in [5.41, 5.74) is 4.10. The molecule has 1 heterocycles. The Kier molecular flexibility index (Phi) is 4.96. The van der Waals surface area contributed by atoms with Gasteiger partial charge < -0.3 is 4.42 Å². The van der Waals surface area contributed by atoms with Gasteiger partial charge in [0.25, 0.3) is 0 Å². The summed E-state index contributed by atoms with van der Waals surface area (Å²) in [5, 5.41) is 0. The number of furan rings is 1. The van der Waals surface area contributed by atoms with Gasteiger partial charge in [0.2, 0.25) is 0 Å². The van der Waals surface area contributed by atoms with E-state index in [2.05, 4.69) is 32.9 Å². The number of allylic oxidation sites excluding steroid dienone is 4. The maximum atomic E-state index is 5.02. The molecule has 82 valence electrons. The third-order valence-electron chi connectivity index (χ3n) is 2.36. The smallest absolute Gasteiger partial charge is 0.0937 e. The van der Waals surface area contributed by atoms with Gasteiger partial charge in [-0.15, -0.1) is 0 Å². The standard InChI is InChI=1S/C14H20O/c1-12(2)5-4-6-13(3)7-8-14-9-10-15-11-14/h5,7,9-11H,4,6,8H2,1-3H3. The summed E-state index contributed by atoms with van der Waals surface area (Å²) < 4.78 is 5.02. The lowest BCUT2D eigenvalue weighted by atomic mass is 10.1. The summed E-state index contributed by atoms with van der Waals surface area (Å²) in [5.74, 6) is 0. The molecule has 0 saturated heterocycles. The van der Waals surface area contributed by atoms with Gasteiger partial charge >= 0.3 is 0 Å². The third-order valence-corrected chi connectivity index (χ3v) is 2.36. The molecule has 0 radical (unpaired) electrons. The van der Waals surface area contributed by atoms with Gasteiger partial charge in [0.05, 0.1) is 12.5 Å². The minimum atomic E-state index is 0.983. The summed E-state index contributed by atoms with van der Waals surface area (Å²) in [4.78, 5) is 0. The van der Waals surface area contributed by atoms with E-state index in [4.69, 9.17) is 4.42 Å². The molecule has 0 saturated carbocycles. The molecular formula is C14H20O. The van der Waals surface area contributed by atoms with Gasteiger partial charge in [-0.3, -0.25) is 0 Å². The number of hydrogen-bond acceptors (Lipinski definition) is 1. The molecule has 15 heavy (non-hydrogen) atoms. The van der Waals surface area contributed by atoms with Crippen molar-refractivity contribution in [2.45, 2.75) is 40.0 Å². The fourth-order valence-corrected chi connectivity index (χ4v) is 1.39. The van der Waals surface area contributed by atoms with E-state index in [1.807, 2.05) is 6.07 Å². The minimum absolute atomic E-state index is 0.983. The van der Waals surface area contributed by atoms with Crippen LogP contribution in [0.3, 0.4) is 0 Å². The first-order chi connectivity index (χ1) is 7.18. The van der Waals surface area contributed by atoms with Crippen LogP contribution in [0.25, 0.3) is 0 Å². The second-order valence-electron chi connectivity index (χ2n) is 4.21. The van der Waals surface area contributed by atoms with E-state index in [0.29, 0.717) is 0 Å². The lowest BCUT2D eigenvalue weighted by molar-refractivity contribution is 0.565. The SMILES string of the molecule is CC(C)=CCCC(C)=CCc1ccoc1. The Morgan fingerprint density at radius 2 is 2.07 bits per heavy atom. The van der Waals surface area contributed by atoms with E-state index < -0.39 is 0 Å². The van der Waals surface area contributed by atoms with Crippen molar-refractivity contribution in [3.05, 3.63) is 47.5 Å². The van der Waals surface area contributed by atoms with Crippen molar-refractivity contribution in [2.24, 2.45) is 0 Å². The Morgan fingerprint density at radius 3 is 2.67 bits per heavy atom. The highest BCUT2D eigenvalue weighted by atomic mass is 16.3. The van der Waals surface area contributed by atoms with Crippen LogP contribution in [0.15, 0.2) is 46.3 Å². The quantitative estimate of drug-likeness (QED) is 0.643. The summed E-state index contributed by atoms with van der Waals surface area (Å²) >= 11 is 0. The Hall–Kier alpha value is -1.24. The predicted octanol–water partition coefficient (Wildman–Crippen LogP) is 4.51. The largest absolute Gasteiger partial charge is 0.472 e. The topological polar surface area (TPSA) is 13.1 Å². The van der Waals surface area contributed by atoms with E-state index in [1.165, 1.54) is 16.7 Å². The van der Waals surface area contributed by atoms with Crippen molar-refractivity contribution in [3.63, 3.8) is 0 Å². The van der Waals surface area contributed by atoms with Crippen LogP contribution in [0, 0.1) is 0 Å². The molecule has 0 amide bonds. The van der Waals surface area contributed by atoms with E-state index in [9.17, 15) is 0 Å². The van der Waals surface area contributed by atoms with Gasteiger partial charge in [-0.1, -0.05) is 23.3 Å². The first-order valence-corrected chi connectivity index (χ1v) is 5.48. The highest BCUT2D eigenvalue weighted by Gasteiger charge is 1.92. The van der Waals surface area contributed by atoms with Gasteiger partial charge in [0.15, 0.2) is 0 Å². The predicted molar refractivity (Wildman–Crippen MR) is 64.8 cm³/mol. The van der Waals surface area contributed by atoms with Gasteiger partial charge in [0.1, 0.15) is 0 Å². The molecule has 0 unspecified atom stereocenters.